The summed E-state index contributed by atoms with van der Waals surface area (Å²) < 4.78 is 0. The molecule has 0 saturated heterocycles. The van der Waals surface area contributed by atoms with Crippen LogP contribution in [-0.2, 0) is 4.79 Å². The summed E-state index contributed by atoms with van der Waals surface area (Å²) in [5, 5.41) is 3.35. The van der Waals surface area contributed by atoms with Crippen molar-refractivity contribution in [2.45, 2.75) is 31.3 Å². The third-order valence-corrected chi connectivity index (χ3v) is 3.39. The molecule has 1 saturated carbocycles. The minimum absolute atomic E-state index is 0.294. The van der Waals surface area contributed by atoms with Crippen molar-refractivity contribution in [1.29, 1.82) is 0 Å². The van der Waals surface area contributed by atoms with Crippen LogP contribution >= 0.6 is 0 Å². The summed E-state index contributed by atoms with van der Waals surface area (Å²) in [6.07, 6.45) is 2.27. The lowest BCUT2D eigenvalue weighted by Gasteiger charge is -2.33. The third kappa shape index (κ3) is 3.01. The Bertz CT molecular complexity index is 416. The highest BCUT2D eigenvalue weighted by atomic mass is 16.1. The number of primary amides is 1. The van der Waals surface area contributed by atoms with E-state index in [9.17, 15) is 4.79 Å². The van der Waals surface area contributed by atoms with Gasteiger partial charge in [0.15, 0.2) is 0 Å². The molecule has 1 aromatic carbocycles. The van der Waals surface area contributed by atoms with E-state index in [-0.39, 0.29) is 5.91 Å². The SMILES string of the molecule is CN(CC(C)(NC1CC1)C(N)=O)c1ccccc1. The number of hydrogen-bond donors (Lipinski definition) is 2. The van der Waals surface area contributed by atoms with Crippen LogP contribution in [0.15, 0.2) is 30.3 Å². The van der Waals surface area contributed by atoms with Crippen LogP contribution in [0.2, 0.25) is 0 Å². The van der Waals surface area contributed by atoms with E-state index in [1.807, 2.05) is 44.3 Å². The number of carbonyl (C=O) groups excluding carboxylic acids is 1. The Morgan fingerprint density at radius 2 is 2.06 bits per heavy atom. The number of benzene rings is 1. The molecule has 1 unspecified atom stereocenters. The first kappa shape index (κ1) is 12.9. The summed E-state index contributed by atoms with van der Waals surface area (Å²) in [5.74, 6) is -0.294. The molecule has 0 radical (unpaired) electrons. The van der Waals surface area contributed by atoms with Gasteiger partial charge < -0.3 is 10.6 Å². The lowest BCUT2D eigenvalue weighted by atomic mass is 10.0. The van der Waals surface area contributed by atoms with E-state index < -0.39 is 5.54 Å². The van der Waals surface area contributed by atoms with Gasteiger partial charge in [0.25, 0.3) is 0 Å². The van der Waals surface area contributed by atoms with Crippen LogP contribution in [0.5, 0.6) is 0 Å². The molecule has 1 aliphatic rings. The van der Waals surface area contributed by atoms with Crippen molar-refractivity contribution in [2.75, 3.05) is 18.5 Å². The molecule has 1 aromatic rings. The Morgan fingerprint density at radius 3 is 2.56 bits per heavy atom. The quantitative estimate of drug-likeness (QED) is 0.792. The first-order valence-electron chi connectivity index (χ1n) is 6.35. The van der Waals surface area contributed by atoms with Gasteiger partial charge in [0.05, 0.1) is 0 Å². The molecule has 1 atom stereocenters. The maximum absolute atomic E-state index is 11.7. The molecule has 0 heterocycles. The van der Waals surface area contributed by atoms with Crippen LogP contribution in [0, 0.1) is 0 Å². The Hall–Kier alpha value is -1.55. The molecule has 0 spiro atoms. The molecule has 1 fully saturated rings. The number of nitrogens with zero attached hydrogens (tertiary/aromatic N) is 1. The molecule has 4 nitrogen and oxygen atoms in total. The van der Waals surface area contributed by atoms with Crippen LogP contribution in [0.3, 0.4) is 0 Å². The number of anilines is 1. The monoisotopic (exact) mass is 247 g/mol. The Kier molecular flexibility index (Phi) is 3.57. The number of para-hydroxylation sites is 1. The minimum atomic E-state index is -0.675. The Balaban J connectivity index is 2.06. The van der Waals surface area contributed by atoms with Gasteiger partial charge in [-0.1, -0.05) is 18.2 Å². The number of amides is 1. The van der Waals surface area contributed by atoms with Crippen LogP contribution < -0.4 is 16.0 Å². The summed E-state index contributed by atoms with van der Waals surface area (Å²) in [6, 6.07) is 10.5. The highest BCUT2D eigenvalue weighted by molar-refractivity contribution is 5.85. The van der Waals surface area contributed by atoms with Crippen molar-refractivity contribution in [3.05, 3.63) is 30.3 Å². The van der Waals surface area contributed by atoms with Gasteiger partial charge in [-0.3, -0.25) is 10.1 Å². The normalized spacial score (nSPS) is 18.1. The number of hydrogen-bond acceptors (Lipinski definition) is 3. The number of nitrogens with two attached hydrogens (primary N) is 1. The summed E-state index contributed by atoms with van der Waals surface area (Å²) >= 11 is 0. The third-order valence-electron chi connectivity index (χ3n) is 3.39. The molecule has 2 rings (SSSR count). The van der Waals surface area contributed by atoms with E-state index in [1.165, 1.54) is 0 Å². The molecule has 1 amide bonds. The topological polar surface area (TPSA) is 58.4 Å². The van der Waals surface area contributed by atoms with E-state index in [1.54, 1.807) is 0 Å². The van der Waals surface area contributed by atoms with Gasteiger partial charge in [-0.15, -0.1) is 0 Å². The molecule has 1 aliphatic carbocycles. The lowest BCUT2D eigenvalue weighted by molar-refractivity contribution is -0.123. The number of carbonyl (C=O) groups is 1. The fourth-order valence-electron chi connectivity index (χ4n) is 2.12. The Labute approximate surface area is 108 Å². The molecule has 0 bridgehead atoms. The largest absolute Gasteiger partial charge is 0.372 e. The van der Waals surface area contributed by atoms with E-state index in [0.29, 0.717) is 12.6 Å². The Morgan fingerprint density at radius 1 is 1.44 bits per heavy atom. The fraction of sp³-hybridized carbons (Fsp3) is 0.500. The molecule has 0 aliphatic heterocycles. The molecule has 0 aromatic heterocycles. The standard InChI is InChI=1S/C14H21N3O/c1-14(13(15)18,16-11-8-9-11)10-17(2)12-6-4-3-5-7-12/h3-7,11,16H,8-10H2,1-2H3,(H2,15,18). The zero-order valence-electron chi connectivity index (χ0n) is 11.0. The summed E-state index contributed by atoms with van der Waals surface area (Å²) in [7, 11) is 1.98. The highest BCUT2D eigenvalue weighted by Crippen LogP contribution is 2.23. The number of nitrogens with one attached hydrogen (secondary N) is 1. The van der Waals surface area contributed by atoms with Gasteiger partial charge >= 0.3 is 0 Å². The first-order chi connectivity index (χ1) is 8.51. The molecule has 4 heteroatoms. The fourth-order valence-corrected chi connectivity index (χ4v) is 2.12. The van der Waals surface area contributed by atoms with Crippen molar-refractivity contribution in [3.63, 3.8) is 0 Å². The van der Waals surface area contributed by atoms with Gasteiger partial charge in [-0.25, -0.2) is 0 Å². The number of rotatable bonds is 6. The van der Waals surface area contributed by atoms with Gasteiger partial charge in [-0.2, -0.15) is 0 Å². The molecule has 3 N–H and O–H groups in total. The van der Waals surface area contributed by atoms with Crippen LogP contribution in [0.1, 0.15) is 19.8 Å². The van der Waals surface area contributed by atoms with Crippen LogP contribution in [0.25, 0.3) is 0 Å². The van der Waals surface area contributed by atoms with E-state index >= 15 is 0 Å². The smallest absolute Gasteiger partial charge is 0.239 e. The van der Waals surface area contributed by atoms with Crippen molar-refractivity contribution in [3.8, 4) is 0 Å². The average molecular weight is 247 g/mol. The predicted octanol–water partition coefficient (Wildman–Crippen LogP) is 1.12. The van der Waals surface area contributed by atoms with Crippen LogP contribution in [0.4, 0.5) is 5.69 Å². The minimum Gasteiger partial charge on any atom is -0.372 e. The molecule has 18 heavy (non-hydrogen) atoms. The maximum Gasteiger partial charge on any atom is 0.239 e. The molecule has 98 valence electrons. The maximum atomic E-state index is 11.7. The van der Waals surface area contributed by atoms with Crippen molar-refractivity contribution >= 4 is 11.6 Å². The van der Waals surface area contributed by atoms with E-state index in [0.717, 1.165) is 18.5 Å². The van der Waals surface area contributed by atoms with Gasteiger partial charge in [0.1, 0.15) is 5.54 Å². The average Bonchev–Trinajstić information content (AvgIpc) is 3.13. The predicted molar refractivity (Wildman–Crippen MR) is 73.5 cm³/mol. The lowest BCUT2D eigenvalue weighted by Crippen LogP contribution is -2.59. The first-order valence-corrected chi connectivity index (χ1v) is 6.35. The summed E-state index contributed by atoms with van der Waals surface area (Å²) in [5.41, 5.74) is 5.96. The van der Waals surface area contributed by atoms with Crippen molar-refractivity contribution in [1.82, 2.24) is 5.32 Å². The van der Waals surface area contributed by atoms with Crippen molar-refractivity contribution < 1.29 is 4.79 Å². The highest BCUT2D eigenvalue weighted by Gasteiger charge is 2.37. The summed E-state index contributed by atoms with van der Waals surface area (Å²) in [4.78, 5) is 13.7. The second kappa shape index (κ2) is 4.98. The number of likely N-dealkylation sites (N-methyl/N-ethyl adjacent to an activating group) is 1. The second-order valence-electron chi connectivity index (χ2n) is 5.31. The van der Waals surface area contributed by atoms with Crippen molar-refractivity contribution in [2.24, 2.45) is 5.73 Å². The zero-order chi connectivity index (χ0) is 13.2. The van der Waals surface area contributed by atoms with Gasteiger partial charge in [-0.05, 0) is 31.9 Å². The summed E-state index contributed by atoms with van der Waals surface area (Å²) in [6.45, 7) is 2.45. The van der Waals surface area contributed by atoms with Gasteiger partial charge in [0, 0.05) is 25.3 Å². The molecular formula is C14H21N3O. The van der Waals surface area contributed by atoms with E-state index in [2.05, 4.69) is 10.2 Å². The molecular weight excluding hydrogens is 226 g/mol. The van der Waals surface area contributed by atoms with Gasteiger partial charge in [0.2, 0.25) is 5.91 Å². The second-order valence-corrected chi connectivity index (χ2v) is 5.31. The van der Waals surface area contributed by atoms with E-state index in [4.69, 9.17) is 5.73 Å². The van der Waals surface area contributed by atoms with Crippen LogP contribution in [-0.4, -0.2) is 31.1 Å². The zero-order valence-corrected chi connectivity index (χ0v) is 11.0.